The lowest BCUT2D eigenvalue weighted by Crippen LogP contribution is -2.32. The molecule has 4 aromatic rings. The lowest BCUT2D eigenvalue weighted by atomic mass is 10.2. The van der Waals surface area contributed by atoms with Crippen molar-refractivity contribution in [1.82, 2.24) is 9.56 Å². The summed E-state index contributed by atoms with van der Waals surface area (Å²) in [5.74, 6) is 1.52. The summed E-state index contributed by atoms with van der Waals surface area (Å²) in [7, 11) is 0. The molecule has 32 heavy (non-hydrogen) atoms. The normalized spacial score (nSPS) is 11.8. The number of ether oxygens (including phenoxy) is 2. The van der Waals surface area contributed by atoms with E-state index in [0.717, 1.165) is 4.57 Å². The Balaban J connectivity index is 1.41. The van der Waals surface area contributed by atoms with Gasteiger partial charge in [0.2, 0.25) is 0 Å². The summed E-state index contributed by atoms with van der Waals surface area (Å²) in [5, 5.41) is 2.86. The highest BCUT2D eigenvalue weighted by atomic mass is 16.5. The molecular weight excluding hydrogens is 410 g/mol. The van der Waals surface area contributed by atoms with Crippen molar-refractivity contribution in [2.45, 2.75) is 33.0 Å². The molecule has 1 N–H and O–H groups in total. The smallest absolute Gasteiger partial charge is 0.287 e. The first kappa shape index (κ1) is 21.2. The average molecular weight is 433 g/mol. The molecule has 0 bridgehead atoms. The van der Waals surface area contributed by atoms with E-state index in [2.05, 4.69) is 10.3 Å². The van der Waals surface area contributed by atoms with Crippen LogP contribution in [0.1, 0.15) is 24.8 Å². The molecule has 0 saturated heterocycles. The summed E-state index contributed by atoms with van der Waals surface area (Å²) in [6.07, 6.45) is -0.0991. The Morgan fingerprint density at radius 2 is 1.88 bits per heavy atom. The molecule has 1 atom stereocenters. The number of anilines is 1. The van der Waals surface area contributed by atoms with Gasteiger partial charge in [-0.15, -0.1) is 4.57 Å². The molecule has 0 fully saturated rings. The van der Waals surface area contributed by atoms with Gasteiger partial charge in [0.25, 0.3) is 11.5 Å². The fourth-order valence-electron chi connectivity index (χ4n) is 3.18. The number of nitrogens with one attached hydrogen (secondary N) is 1. The van der Waals surface area contributed by atoms with Crippen LogP contribution in [-0.2, 0) is 11.4 Å². The van der Waals surface area contributed by atoms with E-state index in [1.165, 1.54) is 6.07 Å². The summed E-state index contributed by atoms with van der Waals surface area (Å²) in [5.41, 5.74) is 1.18. The lowest BCUT2D eigenvalue weighted by Gasteiger charge is -2.17. The topological polar surface area (TPSA) is 95.1 Å². The first-order valence-corrected chi connectivity index (χ1v) is 10.3. The molecule has 0 aliphatic heterocycles. The Morgan fingerprint density at radius 1 is 1.09 bits per heavy atom. The van der Waals surface area contributed by atoms with Crippen molar-refractivity contribution in [3.05, 3.63) is 88.5 Å². The van der Waals surface area contributed by atoms with Gasteiger partial charge >= 0.3 is 0 Å². The maximum atomic E-state index is 12.7. The highest BCUT2D eigenvalue weighted by molar-refractivity contribution is 5.94. The van der Waals surface area contributed by atoms with Gasteiger partial charge in [-0.2, -0.15) is 0 Å². The largest absolute Gasteiger partial charge is 0.487 e. The number of hydrogen-bond donors (Lipinski definition) is 1. The van der Waals surface area contributed by atoms with Gasteiger partial charge in [-0.25, -0.2) is 4.98 Å². The lowest BCUT2D eigenvalue weighted by molar-refractivity contribution is -0.122. The predicted molar refractivity (Wildman–Crippen MR) is 119 cm³/mol. The third kappa shape index (κ3) is 4.97. The molecule has 2 aromatic carbocycles. The second-order valence-electron chi connectivity index (χ2n) is 7.22. The Morgan fingerprint density at radius 3 is 2.66 bits per heavy atom. The van der Waals surface area contributed by atoms with E-state index in [1.54, 1.807) is 37.3 Å². The van der Waals surface area contributed by atoms with Crippen molar-refractivity contribution in [2.75, 3.05) is 5.32 Å². The molecule has 0 spiro atoms. The van der Waals surface area contributed by atoms with Crippen LogP contribution in [0.4, 0.5) is 5.69 Å². The van der Waals surface area contributed by atoms with Crippen LogP contribution in [0.3, 0.4) is 0 Å². The van der Waals surface area contributed by atoms with Crippen molar-refractivity contribution in [2.24, 2.45) is 0 Å². The van der Waals surface area contributed by atoms with Crippen LogP contribution < -0.4 is 20.3 Å². The molecule has 2 heterocycles. The van der Waals surface area contributed by atoms with E-state index in [0.29, 0.717) is 40.7 Å². The monoisotopic (exact) mass is 433 g/mol. The van der Waals surface area contributed by atoms with Crippen molar-refractivity contribution in [3.63, 3.8) is 0 Å². The number of nitrogens with zero attached hydrogens (tertiary/aromatic N) is 2. The zero-order valence-electron chi connectivity index (χ0n) is 17.8. The molecule has 0 saturated carbocycles. The molecule has 4 rings (SSSR count). The van der Waals surface area contributed by atoms with Crippen molar-refractivity contribution >= 4 is 17.2 Å². The third-order valence-corrected chi connectivity index (χ3v) is 4.70. The SMILES string of the molecule is CC[C@@H](Oc1ccccc1)C(=O)Nc1cccc(OCc2cc(=O)n3oc(C)cc3n2)c1. The fourth-order valence-corrected chi connectivity index (χ4v) is 3.18. The van der Waals surface area contributed by atoms with Crippen LogP contribution in [-0.4, -0.2) is 21.6 Å². The van der Waals surface area contributed by atoms with E-state index in [4.69, 9.17) is 14.0 Å². The number of rotatable bonds is 8. The maximum Gasteiger partial charge on any atom is 0.287 e. The van der Waals surface area contributed by atoms with Crippen LogP contribution in [0.25, 0.3) is 5.65 Å². The van der Waals surface area contributed by atoms with Gasteiger partial charge in [-0.1, -0.05) is 31.2 Å². The number of amides is 1. The van der Waals surface area contributed by atoms with Gasteiger partial charge < -0.3 is 19.3 Å². The minimum absolute atomic E-state index is 0.0993. The Bertz CT molecular complexity index is 1280. The van der Waals surface area contributed by atoms with Gasteiger partial charge in [0.15, 0.2) is 11.8 Å². The molecule has 0 radical (unpaired) electrons. The van der Waals surface area contributed by atoms with E-state index in [9.17, 15) is 9.59 Å². The molecule has 8 heteroatoms. The van der Waals surface area contributed by atoms with Gasteiger partial charge in [-0.3, -0.25) is 9.59 Å². The molecule has 0 aliphatic rings. The van der Waals surface area contributed by atoms with Gasteiger partial charge in [0, 0.05) is 23.9 Å². The summed E-state index contributed by atoms with van der Waals surface area (Å²) in [6.45, 7) is 3.74. The Labute approximate surface area is 184 Å². The molecule has 164 valence electrons. The van der Waals surface area contributed by atoms with Gasteiger partial charge in [-0.05, 0) is 37.6 Å². The molecule has 0 unspecified atom stereocenters. The quantitative estimate of drug-likeness (QED) is 0.452. The number of benzene rings is 2. The average Bonchev–Trinajstić information content (AvgIpc) is 3.18. The molecular formula is C24H23N3O5. The van der Waals surface area contributed by atoms with Gasteiger partial charge in [0.1, 0.15) is 23.9 Å². The standard InChI is InChI=1S/C24H23N3O5/c1-3-21(31-19-9-5-4-6-10-19)24(29)26-17-8-7-11-20(13-17)30-15-18-14-23(28)27-22(25-18)12-16(2)32-27/h4-14,21H,3,15H2,1-2H3,(H,26,29)/t21-/m1/s1. The van der Waals surface area contributed by atoms with Crippen molar-refractivity contribution in [3.8, 4) is 11.5 Å². The third-order valence-electron chi connectivity index (χ3n) is 4.70. The minimum Gasteiger partial charge on any atom is -0.487 e. The first-order valence-electron chi connectivity index (χ1n) is 10.3. The minimum atomic E-state index is -0.621. The highest BCUT2D eigenvalue weighted by Crippen LogP contribution is 2.20. The first-order chi connectivity index (χ1) is 15.5. The summed E-state index contributed by atoms with van der Waals surface area (Å²) < 4.78 is 18.0. The Kier molecular flexibility index (Phi) is 6.21. The number of carbonyl (C=O) groups is 1. The predicted octanol–water partition coefficient (Wildman–Crippen LogP) is 3.97. The summed E-state index contributed by atoms with van der Waals surface area (Å²) >= 11 is 0. The number of aromatic nitrogens is 2. The Hall–Kier alpha value is -4.07. The number of fused-ring (bicyclic) bond motifs is 1. The second-order valence-corrected chi connectivity index (χ2v) is 7.22. The van der Waals surface area contributed by atoms with Crippen LogP contribution >= 0.6 is 0 Å². The van der Waals surface area contributed by atoms with Crippen LogP contribution in [0.2, 0.25) is 0 Å². The van der Waals surface area contributed by atoms with Crippen molar-refractivity contribution < 1.29 is 18.8 Å². The second kappa shape index (κ2) is 9.38. The van der Waals surface area contributed by atoms with E-state index in [1.807, 2.05) is 37.3 Å². The number of carbonyl (C=O) groups excluding carboxylic acids is 1. The summed E-state index contributed by atoms with van der Waals surface area (Å²) in [6, 6.07) is 19.3. The highest BCUT2D eigenvalue weighted by Gasteiger charge is 2.18. The fraction of sp³-hybridized carbons (Fsp3) is 0.208. The van der Waals surface area contributed by atoms with E-state index in [-0.39, 0.29) is 18.1 Å². The number of aryl methyl sites for hydroxylation is 1. The van der Waals surface area contributed by atoms with Crippen LogP contribution in [0.15, 0.2) is 76.0 Å². The molecule has 0 aliphatic carbocycles. The van der Waals surface area contributed by atoms with Gasteiger partial charge in [0.05, 0.1) is 5.69 Å². The maximum absolute atomic E-state index is 12.7. The van der Waals surface area contributed by atoms with Crippen molar-refractivity contribution in [1.29, 1.82) is 0 Å². The van der Waals surface area contributed by atoms with E-state index < -0.39 is 6.10 Å². The zero-order valence-corrected chi connectivity index (χ0v) is 17.8. The summed E-state index contributed by atoms with van der Waals surface area (Å²) in [4.78, 5) is 29.2. The van der Waals surface area contributed by atoms with Crippen LogP contribution in [0, 0.1) is 6.92 Å². The zero-order chi connectivity index (χ0) is 22.5. The molecule has 1 amide bonds. The number of hydrogen-bond acceptors (Lipinski definition) is 6. The molecule has 2 aromatic heterocycles. The van der Waals surface area contributed by atoms with E-state index >= 15 is 0 Å². The number of para-hydroxylation sites is 1. The van der Waals surface area contributed by atoms with Crippen LogP contribution in [0.5, 0.6) is 11.5 Å². The molecule has 8 nitrogen and oxygen atoms in total.